The summed E-state index contributed by atoms with van der Waals surface area (Å²) in [6, 6.07) is 10.3. The van der Waals surface area contributed by atoms with E-state index in [2.05, 4.69) is 30.2 Å². The monoisotopic (exact) mass is 226 g/mol. The maximum atomic E-state index is 8.64. The smallest absolute Gasteiger partial charge is 0.126 e. The summed E-state index contributed by atoms with van der Waals surface area (Å²) < 4.78 is 1.72. The number of aryl methyl sites for hydroxylation is 1. The third kappa shape index (κ3) is 2.45. The molecule has 0 aliphatic carbocycles. The number of anilines is 1. The highest BCUT2D eigenvalue weighted by Crippen LogP contribution is 2.14. The molecule has 0 saturated carbocycles. The highest BCUT2D eigenvalue weighted by atomic mass is 15.3. The van der Waals surface area contributed by atoms with Gasteiger partial charge in [0.05, 0.1) is 25.2 Å². The first-order valence-electron chi connectivity index (χ1n) is 5.43. The lowest BCUT2D eigenvalue weighted by Gasteiger charge is -2.05. The van der Waals surface area contributed by atoms with Gasteiger partial charge in [-0.15, -0.1) is 0 Å². The van der Waals surface area contributed by atoms with Crippen LogP contribution in [0.3, 0.4) is 0 Å². The first kappa shape index (κ1) is 11.2. The zero-order valence-electron chi connectivity index (χ0n) is 9.72. The van der Waals surface area contributed by atoms with Gasteiger partial charge in [-0.05, 0) is 12.5 Å². The van der Waals surface area contributed by atoms with Crippen LogP contribution in [-0.4, -0.2) is 9.78 Å². The average Bonchev–Trinajstić information content (AvgIpc) is 2.62. The zero-order chi connectivity index (χ0) is 12.3. The normalized spacial score (nSPS) is 10.1. The van der Waals surface area contributed by atoms with E-state index in [4.69, 9.17) is 11.0 Å². The minimum Gasteiger partial charge on any atom is -0.384 e. The van der Waals surface area contributed by atoms with Gasteiger partial charge in [-0.3, -0.25) is 0 Å². The van der Waals surface area contributed by atoms with Crippen molar-refractivity contribution < 1.29 is 0 Å². The Morgan fingerprint density at radius 3 is 3.00 bits per heavy atom. The molecule has 0 aliphatic rings. The molecule has 1 aromatic carbocycles. The molecule has 2 rings (SSSR count). The summed E-state index contributed by atoms with van der Waals surface area (Å²) in [5, 5.41) is 12.8. The summed E-state index contributed by atoms with van der Waals surface area (Å²) in [6.07, 6.45) is 1.97. The van der Waals surface area contributed by atoms with Crippen LogP contribution in [0.25, 0.3) is 0 Å². The van der Waals surface area contributed by atoms with E-state index in [1.807, 2.05) is 12.1 Å². The number of hydrogen-bond acceptors (Lipinski definition) is 3. The highest BCUT2D eigenvalue weighted by molar-refractivity contribution is 5.41. The fourth-order valence-electron chi connectivity index (χ4n) is 1.76. The molecular formula is C13H14N4. The van der Waals surface area contributed by atoms with E-state index in [9.17, 15) is 0 Å². The number of nitrogens with zero attached hydrogens (tertiary/aromatic N) is 3. The number of aromatic nitrogens is 2. The van der Waals surface area contributed by atoms with E-state index in [1.165, 1.54) is 5.56 Å². The van der Waals surface area contributed by atoms with Crippen LogP contribution >= 0.6 is 0 Å². The molecule has 0 spiro atoms. The van der Waals surface area contributed by atoms with Crippen molar-refractivity contribution in [2.45, 2.75) is 19.9 Å². The molecule has 4 heteroatoms. The molecule has 0 unspecified atom stereocenters. The predicted octanol–water partition coefficient (Wildman–Crippen LogP) is 1.89. The van der Waals surface area contributed by atoms with E-state index in [-0.39, 0.29) is 0 Å². The van der Waals surface area contributed by atoms with Gasteiger partial charge in [0.1, 0.15) is 5.82 Å². The lowest BCUT2D eigenvalue weighted by atomic mass is 10.1. The Balaban J connectivity index is 2.22. The van der Waals surface area contributed by atoms with Gasteiger partial charge in [0.15, 0.2) is 0 Å². The SMILES string of the molecule is Cc1cccc(Cn2ncc(CC#N)c2N)c1. The van der Waals surface area contributed by atoms with Gasteiger partial charge in [-0.2, -0.15) is 10.4 Å². The van der Waals surface area contributed by atoms with Crippen molar-refractivity contribution >= 4 is 5.82 Å². The van der Waals surface area contributed by atoms with Crippen LogP contribution in [0, 0.1) is 18.3 Å². The summed E-state index contributed by atoms with van der Waals surface area (Å²) >= 11 is 0. The number of nitriles is 1. The molecule has 4 nitrogen and oxygen atoms in total. The van der Waals surface area contributed by atoms with E-state index in [1.54, 1.807) is 10.9 Å². The van der Waals surface area contributed by atoms with E-state index in [0.717, 1.165) is 11.1 Å². The van der Waals surface area contributed by atoms with Crippen molar-refractivity contribution in [2.24, 2.45) is 0 Å². The minimum atomic E-state index is 0.305. The minimum absolute atomic E-state index is 0.305. The Bertz CT molecular complexity index is 563. The number of rotatable bonds is 3. The fraction of sp³-hybridized carbons (Fsp3) is 0.231. The van der Waals surface area contributed by atoms with Gasteiger partial charge in [0.25, 0.3) is 0 Å². The van der Waals surface area contributed by atoms with E-state index < -0.39 is 0 Å². The van der Waals surface area contributed by atoms with Crippen molar-refractivity contribution in [1.82, 2.24) is 9.78 Å². The molecule has 1 heterocycles. The first-order valence-corrected chi connectivity index (χ1v) is 5.43. The topological polar surface area (TPSA) is 67.6 Å². The second-order valence-corrected chi connectivity index (χ2v) is 4.04. The molecule has 0 atom stereocenters. The number of hydrogen-bond donors (Lipinski definition) is 1. The summed E-state index contributed by atoms with van der Waals surface area (Å²) in [5.74, 6) is 0.577. The summed E-state index contributed by atoms with van der Waals surface area (Å²) in [7, 11) is 0. The molecule has 2 N–H and O–H groups in total. The van der Waals surface area contributed by atoms with Crippen molar-refractivity contribution in [3.8, 4) is 6.07 Å². The molecule has 17 heavy (non-hydrogen) atoms. The van der Waals surface area contributed by atoms with Crippen LogP contribution in [0.5, 0.6) is 0 Å². The molecule has 0 radical (unpaired) electrons. The van der Waals surface area contributed by atoms with Gasteiger partial charge in [0.2, 0.25) is 0 Å². The third-order valence-corrected chi connectivity index (χ3v) is 2.64. The van der Waals surface area contributed by atoms with Crippen LogP contribution in [-0.2, 0) is 13.0 Å². The van der Waals surface area contributed by atoms with Crippen LogP contribution in [0.2, 0.25) is 0 Å². The zero-order valence-corrected chi connectivity index (χ0v) is 9.72. The summed E-state index contributed by atoms with van der Waals surface area (Å²) in [6.45, 7) is 2.69. The Morgan fingerprint density at radius 2 is 2.29 bits per heavy atom. The molecule has 1 aromatic heterocycles. The Hall–Kier alpha value is -2.28. The van der Waals surface area contributed by atoms with Crippen LogP contribution in [0.1, 0.15) is 16.7 Å². The fourth-order valence-corrected chi connectivity index (χ4v) is 1.76. The molecule has 86 valence electrons. The number of nitrogens with two attached hydrogens (primary N) is 1. The maximum Gasteiger partial charge on any atom is 0.126 e. The molecular weight excluding hydrogens is 212 g/mol. The molecule has 0 fully saturated rings. The second-order valence-electron chi connectivity index (χ2n) is 4.04. The van der Waals surface area contributed by atoms with Crippen molar-refractivity contribution in [3.63, 3.8) is 0 Å². The molecule has 0 aliphatic heterocycles. The Labute approximate surface area is 100 Å². The van der Waals surface area contributed by atoms with E-state index in [0.29, 0.717) is 18.8 Å². The second kappa shape index (κ2) is 4.71. The third-order valence-electron chi connectivity index (χ3n) is 2.64. The van der Waals surface area contributed by atoms with Gasteiger partial charge in [-0.1, -0.05) is 29.8 Å². The number of nitrogen functional groups attached to an aromatic ring is 1. The van der Waals surface area contributed by atoms with Crippen LogP contribution in [0.4, 0.5) is 5.82 Å². The first-order chi connectivity index (χ1) is 8.20. The summed E-state index contributed by atoms with van der Waals surface area (Å²) in [4.78, 5) is 0. The maximum absolute atomic E-state index is 8.64. The van der Waals surface area contributed by atoms with Crippen molar-refractivity contribution in [3.05, 3.63) is 47.2 Å². The lowest BCUT2D eigenvalue weighted by molar-refractivity contribution is 0.696. The molecule has 0 amide bonds. The van der Waals surface area contributed by atoms with E-state index >= 15 is 0 Å². The van der Waals surface area contributed by atoms with Crippen molar-refractivity contribution in [2.75, 3.05) is 5.73 Å². The molecule has 0 saturated heterocycles. The van der Waals surface area contributed by atoms with Crippen molar-refractivity contribution in [1.29, 1.82) is 5.26 Å². The predicted molar refractivity (Wildman–Crippen MR) is 66.2 cm³/mol. The number of benzene rings is 1. The van der Waals surface area contributed by atoms with Gasteiger partial charge >= 0.3 is 0 Å². The lowest BCUT2D eigenvalue weighted by Crippen LogP contribution is -2.06. The van der Waals surface area contributed by atoms with Crippen LogP contribution in [0.15, 0.2) is 30.5 Å². The Kier molecular flexibility index (Phi) is 3.10. The highest BCUT2D eigenvalue weighted by Gasteiger charge is 2.07. The summed E-state index contributed by atoms with van der Waals surface area (Å²) in [5.41, 5.74) is 9.09. The molecule has 0 bridgehead atoms. The standard InChI is InChI=1S/C13H14N4/c1-10-3-2-4-11(7-10)9-17-13(15)12(5-6-14)8-16-17/h2-4,7-8H,5,9,15H2,1H3. The van der Waals surface area contributed by atoms with Crippen LogP contribution < -0.4 is 5.73 Å². The molecule has 2 aromatic rings. The van der Waals surface area contributed by atoms with Gasteiger partial charge < -0.3 is 5.73 Å². The quantitative estimate of drug-likeness (QED) is 0.869. The average molecular weight is 226 g/mol. The largest absolute Gasteiger partial charge is 0.384 e. The van der Waals surface area contributed by atoms with Gasteiger partial charge in [0, 0.05) is 5.56 Å². The van der Waals surface area contributed by atoms with Gasteiger partial charge in [-0.25, -0.2) is 4.68 Å². The Morgan fingerprint density at radius 1 is 1.47 bits per heavy atom.